The van der Waals surface area contributed by atoms with Crippen LogP contribution in [0.4, 0.5) is 5.69 Å². The number of halogens is 2. The minimum atomic E-state index is -0.529. The van der Waals surface area contributed by atoms with Gasteiger partial charge in [-0.05, 0) is 90.3 Å². The van der Waals surface area contributed by atoms with Crippen LogP contribution in [0.3, 0.4) is 0 Å². The summed E-state index contributed by atoms with van der Waals surface area (Å²) in [6, 6.07) is 20.4. The molecule has 1 unspecified atom stereocenters. The van der Waals surface area contributed by atoms with Gasteiger partial charge in [0.05, 0.1) is 22.6 Å². The molecule has 0 bridgehead atoms. The third kappa shape index (κ3) is 5.73. The molecule has 0 saturated carbocycles. The van der Waals surface area contributed by atoms with Crippen molar-refractivity contribution in [1.29, 1.82) is 5.26 Å². The Bertz CT molecular complexity index is 1680. The smallest absolute Gasteiger partial charge is 0.162 e. The molecule has 3 aromatic rings. The Balaban J connectivity index is 1.65. The molecule has 2 N–H and O–H groups in total. The lowest BCUT2D eigenvalue weighted by Crippen LogP contribution is -2.42. The number of carbonyl (C=O) groups excluding carboxylic acids is 1. The van der Waals surface area contributed by atoms with Crippen LogP contribution < -0.4 is 10.6 Å². The van der Waals surface area contributed by atoms with E-state index < -0.39 is 5.92 Å². The highest BCUT2D eigenvalue weighted by molar-refractivity contribution is 7.98. The van der Waals surface area contributed by atoms with Crippen LogP contribution in [0.1, 0.15) is 67.3 Å². The van der Waals surface area contributed by atoms with Gasteiger partial charge in [-0.25, -0.2) is 0 Å². The second-order valence-corrected chi connectivity index (χ2v) is 13.9. The molecular weight excluding hydrogens is 581 g/mol. The van der Waals surface area contributed by atoms with Gasteiger partial charge >= 0.3 is 0 Å². The van der Waals surface area contributed by atoms with Crippen LogP contribution in [0, 0.1) is 30.6 Å². The van der Waals surface area contributed by atoms with Crippen molar-refractivity contribution in [2.45, 2.75) is 70.4 Å². The molecule has 0 spiro atoms. The van der Waals surface area contributed by atoms with Crippen molar-refractivity contribution in [1.82, 2.24) is 0 Å². The van der Waals surface area contributed by atoms with Gasteiger partial charge in [-0.1, -0.05) is 68.2 Å². The highest BCUT2D eigenvalue weighted by atomic mass is 35.5. The third-order valence-electron chi connectivity index (χ3n) is 8.30. The van der Waals surface area contributed by atoms with Crippen LogP contribution >= 0.6 is 35.0 Å². The number of benzene rings is 3. The van der Waals surface area contributed by atoms with E-state index in [-0.39, 0.29) is 11.2 Å². The number of anilines is 1. The summed E-state index contributed by atoms with van der Waals surface area (Å²) in [4.78, 5) is 16.9. The monoisotopic (exact) mass is 615 g/mol. The van der Waals surface area contributed by atoms with Crippen molar-refractivity contribution in [2.75, 3.05) is 4.90 Å². The maximum absolute atomic E-state index is 14.0. The second-order valence-electron chi connectivity index (χ2n) is 12.0. The van der Waals surface area contributed by atoms with Gasteiger partial charge in [0, 0.05) is 39.0 Å². The summed E-state index contributed by atoms with van der Waals surface area (Å²) < 4.78 is 0. The number of hydrogen-bond acceptors (Lipinski definition) is 5. The van der Waals surface area contributed by atoms with E-state index in [1.807, 2.05) is 30.0 Å². The molecular formula is C35H35Cl2N3OS. The van der Waals surface area contributed by atoms with Crippen molar-refractivity contribution in [3.63, 3.8) is 0 Å². The molecule has 42 heavy (non-hydrogen) atoms. The number of aryl methyl sites for hydroxylation is 3. The molecule has 0 saturated heterocycles. The summed E-state index contributed by atoms with van der Waals surface area (Å²) >= 11 is 14.3. The molecule has 7 heteroatoms. The van der Waals surface area contributed by atoms with E-state index in [1.165, 1.54) is 5.56 Å². The van der Waals surface area contributed by atoms with E-state index in [0.29, 0.717) is 45.6 Å². The summed E-state index contributed by atoms with van der Waals surface area (Å²) in [5.74, 6) is 0.593. The highest BCUT2D eigenvalue weighted by Crippen LogP contribution is 2.51. The van der Waals surface area contributed by atoms with Crippen LogP contribution in [-0.4, -0.2) is 5.78 Å². The zero-order valence-electron chi connectivity index (χ0n) is 24.6. The number of hydrogen-bond donors (Lipinski definition) is 1. The first-order valence-electron chi connectivity index (χ1n) is 14.2. The molecule has 0 amide bonds. The first-order chi connectivity index (χ1) is 19.9. The maximum atomic E-state index is 14.0. The Kier molecular flexibility index (Phi) is 8.54. The van der Waals surface area contributed by atoms with Gasteiger partial charge in [0.2, 0.25) is 0 Å². The van der Waals surface area contributed by atoms with Crippen LogP contribution in [0.2, 0.25) is 10.0 Å². The topological polar surface area (TPSA) is 70.1 Å². The quantitative estimate of drug-likeness (QED) is 0.280. The van der Waals surface area contributed by atoms with E-state index in [1.54, 1.807) is 23.9 Å². The van der Waals surface area contributed by atoms with E-state index in [2.05, 4.69) is 58.0 Å². The van der Waals surface area contributed by atoms with Crippen LogP contribution in [0.25, 0.3) is 0 Å². The molecule has 1 heterocycles. The first kappa shape index (κ1) is 30.3. The van der Waals surface area contributed by atoms with Gasteiger partial charge in [-0.3, -0.25) is 9.69 Å². The maximum Gasteiger partial charge on any atom is 0.162 e. The summed E-state index contributed by atoms with van der Waals surface area (Å²) in [5.41, 5.74) is 14.9. The standard InChI is InChI=1S/C35H35Cl2N3OS/c1-6-22-7-10-25(11-8-22)40-29-16-35(4,5)17-30(41)33(29)32(27(18-38)34(40)39)26-14-23(20(2)13-21(26)3)19-42-31-15-24(36)9-12-28(31)37/h7-15,32H,6,16-17,19,39H2,1-5H3. The number of ketones is 1. The second kappa shape index (κ2) is 11.8. The first-order valence-corrected chi connectivity index (χ1v) is 15.9. The zero-order chi connectivity index (χ0) is 30.3. The minimum absolute atomic E-state index is 0.0725. The van der Waals surface area contributed by atoms with Gasteiger partial charge in [0.15, 0.2) is 5.78 Å². The number of rotatable bonds is 6. The fourth-order valence-corrected chi connectivity index (χ4v) is 7.68. The fourth-order valence-electron chi connectivity index (χ4n) is 6.12. The van der Waals surface area contributed by atoms with Gasteiger partial charge in [0.1, 0.15) is 5.82 Å². The minimum Gasteiger partial charge on any atom is -0.384 e. The number of carbonyl (C=O) groups is 1. The Morgan fingerprint density at radius 1 is 1.05 bits per heavy atom. The predicted molar refractivity (Wildman–Crippen MR) is 175 cm³/mol. The lowest BCUT2D eigenvalue weighted by molar-refractivity contribution is -0.118. The Labute approximate surface area is 263 Å². The molecule has 1 atom stereocenters. The summed E-state index contributed by atoms with van der Waals surface area (Å²) in [6.07, 6.45) is 2.03. The number of Topliss-reactive ketones (excluding diaryl/α,β-unsaturated/α-hetero) is 1. The molecule has 3 aromatic carbocycles. The van der Waals surface area contributed by atoms with Crippen LogP contribution in [0.15, 0.2) is 82.2 Å². The Hall–Kier alpha value is -3.17. The third-order valence-corrected chi connectivity index (χ3v) is 10.1. The summed E-state index contributed by atoms with van der Waals surface area (Å²) in [6.45, 7) is 10.5. The largest absolute Gasteiger partial charge is 0.384 e. The van der Waals surface area contributed by atoms with E-state index >= 15 is 0 Å². The molecule has 1 aliphatic heterocycles. The molecule has 0 fully saturated rings. The van der Waals surface area contributed by atoms with Gasteiger partial charge < -0.3 is 5.73 Å². The summed E-state index contributed by atoms with van der Waals surface area (Å²) in [7, 11) is 0. The van der Waals surface area contributed by atoms with E-state index in [9.17, 15) is 10.1 Å². The molecule has 0 aromatic heterocycles. The SMILES string of the molecule is CCc1ccc(N2C(N)=C(C#N)C(c3cc(CSc4cc(Cl)ccc4Cl)c(C)cc3C)C3=C2CC(C)(C)CC3=O)cc1. The molecule has 4 nitrogen and oxygen atoms in total. The average molecular weight is 617 g/mol. The number of nitriles is 1. The Morgan fingerprint density at radius 2 is 1.76 bits per heavy atom. The van der Waals surface area contributed by atoms with Gasteiger partial charge in [-0.2, -0.15) is 5.26 Å². The molecule has 1 aliphatic carbocycles. The molecule has 216 valence electrons. The highest BCUT2D eigenvalue weighted by Gasteiger charge is 2.45. The average Bonchev–Trinajstić information content (AvgIpc) is 2.93. The van der Waals surface area contributed by atoms with Crippen molar-refractivity contribution in [3.05, 3.63) is 115 Å². The molecule has 0 radical (unpaired) electrons. The van der Waals surface area contributed by atoms with Crippen molar-refractivity contribution in [2.24, 2.45) is 11.1 Å². The predicted octanol–water partition coefficient (Wildman–Crippen LogP) is 9.41. The fraction of sp³-hybridized carbons (Fsp3) is 0.314. The van der Waals surface area contributed by atoms with Crippen LogP contribution in [-0.2, 0) is 17.0 Å². The molecule has 5 rings (SSSR count). The molecule has 2 aliphatic rings. The number of nitrogens with two attached hydrogens (primary N) is 1. The van der Waals surface area contributed by atoms with Crippen LogP contribution in [0.5, 0.6) is 0 Å². The number of thioether (sulfide) groups is 1. The lowest BCUT2D eigenvalue weighted by Gasteiger charge is -2.44. The van der Waals surface area contributed by atoms with Gasteiger partial charge in [-0.15, -0.1) is 11.8 Å². The number of allylic oxidation sites excluding steroid dienone is 3. The number of nitrogens with zero attached hydrogens (tertiary/aromatic N) is 2. The van der Waals surface area contributed by atoms with Crippen molar-refractivity contribution < 1.29 is 4.79 Å². The summed E-state index contributed by atoms with van der Waals surface area (Å²) in [5, 5.41) is 11.9. The Morgan fingerprint density at radius 3 is 2.43 bits per heavy atom. The van der Waals surface area contributed by atoms with E-state index in [4.69, 9.17) is 28.9 Å². The lowest BCUT2D eigenvalue weighted by atomic mass is 9.68. The zero-order valence-corrected chi connectivity index (χ0v) is 27.0. The van der Waals surface area contributed by atoms with Crippen molar-refractivity contribution in [3.8, 4) is 6.07 Å². The van der Waals surface area contributed by atoms with Gasteiger partial charge in [0.25, 0.3) is 0 Å². The normalized spacial score (nSPS) is 18.3. The van der Waals surface area contributed by atoms with E-state index in [0.717, 1.165) is 45.0 Å². The van der Waals surface area contributed by atoms with Crippen molar-refractivity contribution >= 4 is 46.4 Å².